The molecule has 0 unspecified atom stereocenters. The fourth-order valence-corrected chi connectivity index (χ4v) is 3.18. The number of anilines is 1. The number of thiazole rings is 1. The van der Waals surface area contributed by atoms with E-state index in [1.807, 2.05) is 36.8 Å². The van der Waals surface area contributed by atoms with E-state index in [0.717, 1.165) is 27.9 Å². The molecule has 0 fully saturated rings. The van der Waals surface area contributed by atoms with Crippen molar-refractivity contribution in [1.29, 1.82) is 0 Å². The summed E-state index contributed by atoms with van der Waals surface area (Å²) in [4.78, 5) is 9.93. The average Bonchev–Trinajstić information content (AvgIpc) is 2.82. The molecule has 96 valence electrons. The van der Waals surface area contributed by atoms with Gasteiger partial charge in [0, 0.05) is 26.3 Å². The molecule has 19 heavy (non-hydrogen) atoms. The highest BCUT2D eigenvalue weighted by molar-refractivity contribution is 9.10. The Labute approximate surface area is 123 Å². The monoisotopic (exact) mass is 333 g/mol. The van der Waals surface area contributed by atoms with Crippen LogP contribution >= 0.6 is 27.3 Å². The van der Waals surface area contributed by atoms with Gasteiger partial charge in [-0.2, -0.15) is 0 Å². The maximum atomic E-state index is 4.43. The molecular weight excluding hydrogens is 322 g/mol. The van der Waals surface area contributed by atoms with Crippen LogP contribution in [0.1, 0.15) is 10.6 Å². The maximum Gasteiger partial charge on any atom is 0.134 e. The number of nitrogens with one attached hydrogen (secondary N) is 1. The third kappa shape index (κ3) is 2.48. The number of benzene rings is 1. The first-order chi connectivity index (χ1) is 9.25. The van der Waals surface area contributed by atoms with Crippen LogP contribution in [0.15, 0.2) is 40.4 Å². The molecule has 0 aliphatic rings. The Morgan fingerprint density at radius 3 is 2.89 bits per heavy atom. The zero-order valence-corrected chi connectivity index (χ0v) is 12.8. The van der Waals surface area contributed by atoms with Crippen molar-refractivity contribution < 1.29 is 0 Å². The van der Waals surface area contributed by atoms with Crippen LogP contribution in [0.4, 0.5) is 5.82 Å². The summed E-state index contributed by atoms with van der Waals surface area (Å²) < 4.78 is 1.09. The standard InChI is InChI=1S/C14H12BrN3S/c1-9-13(19-8-18-9)7-17-14-11-3-2-4-12(15)10(11)5-6-16-14/h2-6,8H,7H2,1H3,(H,16,17). The van der Waals surface area contributed by atoms with E-state index >= 15 is 0 Å². The van der Waals surface area contributed by atoms with Gasteiger partial charge in [0.15, 0.2) is 0 Å². The molecular formula is C14H12BrN3S. The number of fused-ring (bicyclic) bond motifs is 1. The second-order valence-electron chi connectivity index (χ2n) is 4.21. The average molecular weight is 334 g/mol. The molecule has 0 amide bonds. The number of hydrogen-bond acceptors (Lipinski definition) is 4. The zero-order valence-electron chi connectivity index (χ0n) is 10.4. The van der Waals surface area contributed by atoms with Gasteiger partial charge in [0.05, 0.1) is 17.7 Å². The molecule has 0 aliphatic heterocycles. The van der Waals surface area contributed by atoms with Crippen LogP contribution in [0.25, 0.3) is 10.8 Å². The van der Waals surface area contributed by atoms with E-state index < -0.39 is 0 Å². The fourth-order valence-electron chi connectivity index (χ4n) is 1.97. The lowest BCUT2D eigenvalue weighted by molar-refractivity contribution is 1.10. The van der Waals surface area contributed by atoms with Crippen molar-refractivity contribution >= 4 is 43.9 Å². The molecule has 2 heterocycles. The van der Waals surface area contributed by atoms with Crippen LogP contribution in [-0.2, 0) is 6.54 Å². The number of nitrogens with zero attached hydrogens (tertiary/aromatic N) is 2. The Hall–Kier alpha value is -1.46. The van der Waals surface area contributed by atoms with Crippen molar-refractivity contribution in [1.82, 2.24) is 9.97 Å². The topological polar surface area (TPSA) is 37.8 Å². The number of halogens is 1. The summed E-state index contributed by atoms with van der Waals surface area (Å²) in [5.74, 6) is 0.909. The van der Waals surface area contributed by atoms with Gasteiger partial charge in [0.2, 0.25) is 0 Å². The van der Waals surface area contributed by atoms with Crippen molar-refractivity contribution in [2.45, 2.75) is 13.5 Å². The van der Waals surface area contributed by atoms with Crippen LogP contribution < -0.4 is 5.32 Å². The van der Waals surface area contributed by atoms with Crippen molar-refractivity contribution in [2.75, 3.05) is 5.32 Å². The minimum atomic E-state index is 0.759. The molecule has 5 heteroatoms. The summed E-state index contributed by atoms with van der Waals surface area (Å²) in [6.45, 7) is 2.79. The van der Waals surface area contributed by atoms with Crippen LogP contribution in [0.2, 0.25) is 0 Å². The van der Waals surface area contributed by atoms with Gasteiger partial charge in [0.25, 0.3) is 0 Å². The second-order valence-corrected chi connectivity index (χ2v) is 6.00. The van der Waals surface area contributed by atoms with Gasteiger partial charge >= 0.3 is 0 Å². The fraction of sp³-hybridized carbons (Fsp3) is 0.143. The second kappa shape index (κ2) is 5.27. The number of aryl methyl sites for hydroxylation is 1. The molecule has 3 nitrogen and oxygen atoms in total. The molecule has 3 rings (SSSR count). The summed E-state index contributed by atoms with van der Waals surface area (Å²) >= 11 is 5.24. The Kier molecular flexibility index (Phi) is 3.48. The van der Waals surface area contributed by atoms with Crippen molar-refractivity contribution in [3.8, 4) is 0 Å². The quantitative estimate of drug-likeness (QED) is 0.773. The first-order valence-corrected chi connectivity index (χ1v) is 7.59. The summed E-state index contributed by atoms with van der Waals surface area (Å²) in [5.41, 5.74) is 2.96. The molecule has 0 aliphatic carbocycles. The van der Waals surface area contributed by atoms with E-state index in [9.17, 15) is 0 Å². The number of rotatable bonds is 3. The first-order valence-electron chi connectivity index (χ1n) is 5.92. The molecule has 1 aromatic carbocycles. The van der Waals surface area contributed by atoms with Crippen molar-refractivity contribution in [2.24, 2.45) is 0 Å². The molecule has 0 bridgehead atoms. The minimum absolute atomic E-state index is 0.759. The molecule has 0 saturated heterocycles. The van der Waals surface area contributed by atoms with Gasteiger partial charge in [-0.3, -0.25) is 0 Å². The predicted octanol–water partition coefficient (Wildman–Crippen LogP) is 4.37. The minimum Gasteiger partial charge on any atom is -0.365 e. The third-order valence-corrected chi connectivity index (χ3v) is 4.64. The summed E-state index contributed by atoms with van der Waals surface area (Å²) in [5, 5.41) is 5.69. The van der Waals surface area contributed by atoms with Crippen LogP contribution in [-0.4, -0.2) is 9.97 Å². The Morgan fingerprint density at radius 2 is 2.11 bits per heavy atom. The van der Waals surface area contributed by atoms with Crippen LogP contribution in [0.5, 0.6) is 0 Å². The summed E-state index contributed by atoms with van der Waals surface area (Å²) in [7, 11) is 0. The lowest BCUT2D eigenvalue weighted by Gasteiger charge is -2.09. The van der Waals surface area contributed by atoms with Gasteiger partial charge in [-0.15, -0.1) is 11.3 Å². The number of aromatic nitrogens is 2. The van der Waals surface area contributed by atoms with Crippen LogP contribution in [0.3, 0.4) is 0 Å². The van der Waals surface area contributed by atoms with Gasteiger partial charge < -0.3 is 5.32 Å². The van der Waals surface area contributed by atoms with E-state index in [1.165, 1.54) is 10.3 Å². The predicted molar refractivity (Wildman–Crippen MR) is 83.6 cm³/mol. The van der Waals surface area contributed by atoms with E-state index in [-0.39, 0.29) is 0 Å². The molecule has 2 aromatic heterocycles. The molecule has 0 atom stereocenters. The molecule has 0 radical (unpaired) electrons. The highest BCUT2D eigenvalue weighted by atomic mass is 79.9. The van der Waals surface area contributed by atoms with Crippen LogP contribution in [0, 0.1) is 6.92 Å². The van der Waals surface area contributed by atoms with E-state index in [0.29, 0.717) is 0 Å². The Balaban J connectivity index is 1.93. The smallest absolute Gasteiger partial charge is 0.134 e. The van der Waals surface area contributed by atoms with Crippen molar-refractivity contribution in [3.05, 3.63) is 51.0 Å². The van der Waals surface area contributed by atoms with Gasteiger partial charge in [-0.1, -0.05) is 28.1 Å². The van der Waals surface area contributed by atoms with Crippen molar-refractivity contribution in [3.63, 3.8) is 0 Å². The zero-order chi connectivity index (χ0) is 13.2. The highest BCUT2D eigenvalue weighted by Crippen LogP contribution is 2.28. The summed E-state index contributed by atoms with van der Waals surface area (Å²) in [6.07, 6.45) is 1.83. The number of hydrogen-bond donors (Lipinski definition) is 1. The molecule has 0 spiro atoms. The Morgan fingerprint density at radius 1 is 1.21 bits per heavy atom. The maximum absolute atomic E-state index is 4.43. The first kappa shape index (κ1) is 12.6. The van der Waals surface area contributed by atoms with E-state index in [4.69, 9.17) is 0 Å². The molecule has 3 aromatic rings. The number of pyridine rings is 1. The Bertz CT molecular complexity index is 724. The lowest BCUT2D eigenvalue weighted by atomic mass is 10.1. The summed E-state index contributed by atoms with van der Waals surface area (Å²) in [6, 6.07) is 8.16. The van der Waals surface area contributed by atoms with Gasteiger partial charge in [-0.25, -0.2) is 9.97 Å². The molecule has 1 N–H and O–H groups in total. The van der Waals surface area contributed by atoms with E-state index in [2.05, 4.69) is 37.3 Å². The highest BCUT2D eigenvalue weighted by Gasteiger charge is 2.06. The largest absolute Gasteiger partial charge is 0.365 e. The van der Waals surface area contributed by atoms with Gasteiger partial charge in [0.1, 0.15) is 5.82 Å². The van der Waals surface area contributed by atoms with E-state index in [1.54, 1.807) is 11.3 Å². The third-order valence-electron chi connectivity index (χ3n) is 3.01. The SMILES string of the molecule is Cc1ncsc1CNc1nccc2c(Br)cccc12. The molecule has 0 saturated carbocycles. The lowest BCUT2D eigenvalue weighted by Crippen LogP contribution is -2.01. The van der Waals surface area contributed by atoms with Gasteiger partial charge in [-0.05, 0) is 19.1 Å². The normalized spacial score (nSPS) is 10.8.